The van der Waals surface area contributed by atoms with Crippen molar-refractivity contribution < 1.29 is 18.3 Å². The van der Waals surface area contributed by atoms with Crippen molar-refractivity contribution in [3.8, 4) is 0 Å². The van der Waals surface area contributed by atoms with E-state index in [0.29, 0.717) is 18.7 Å². The Bertz CT molecular complexity index is 510. The SMILES string of the molecule is O=c1c(Cl)c(NCCSCCCO)cnn1CC(F)(F)F. The number of aliphatic hydroxyl groups is 1. The van der Waals surface area contributed by atoms with Crippen molar-refractivity contribution in [3.05, 3.63) is 21.6 Å². The van der Waals surface area contributed by atoms with Gasteiger partial charge < -0.3 is 10.4 Å². The molecular weight excluding hydrogens is 331 g/mol. The summed E-state index contributed by atoms with van der Waals surface area (Å²) in [5, 5.41) is 14.6. The van der Waals surface area contributed by atoms with E-state index in [-0.39, 0.29) is 22.0 Å². The van der Waals surface area contributed by atoms with Crippen molar-refractivity contribution in [1.82, 2.24) is 9.78 Å². The number of anilines is 1. The number of nitrogens with zero attached hydrogens (tertiary/aromatic N) is 2. The molecule has 5 nitrogen and oxygen atoms in total. The molecule has 0 aliphatic rings. The van der Waals surface area contributed by atoms with Crippen LogP contribution in [0.5, 0.6) is 0 Å². The van der Waals surface area contributed by atoms with Gasteiger partial charge >= 0.3 is 6.18 Å². The average Bonchev–Trinajstić information content (AvgIpc) is 2.40. The van der Waals surface area contributed by atoms with Crippen LogP contribution in [-0.4, -0.2) is 45.7 Å². The number of hydrogen-bond donors (Lipinski definition) is 2. The zero-order valence-corrected chi connectivity index (χ0v) is 12.6. The summed E-state index contributed by atoms with van der Waals surface area (Å²) >= 11 is 7.35. The van der Waals surface area contributed by atoms with Gasteiger partial charge in [0.2, 0.25) is 0 Å². The number of halogens is 4. The first kappa shape index (κ1) is 18.1. The van der Waals surface area contributed by atoms with Gasteiger partial charge in [-0.15, -0.1) is 0 Å². The minimum atomic E-state index is -4.53. The van der Waals surface area contributed by atoms with Gasteiger partial charge in [0.1, 0.15) is 11.6 Å². The molecule has 0 aliphatic carbocycles. The molecule has 0 atom stereocenters. The highest BCUT2D eigenvalue weighted by molar-refractivity contribution is 7.99. The van der Waals surface area contributed by atoms with Crippen LogP contribution in [0, 0.1) is 0 Å². The van der Waals surface area contributed by atoms with E-state index in [2.05, 4.69) is 10.4 Å². The lowest BCUT2D eigenvalue weighted by atomic mass is 10.4. The Balaban J connectivity index is 2.57. The van der Waals surface area contributed by atoms with Crippen molar-refractivity contribution >= 4 is 29.1 Å². The lowest BCUT2D eigenvalue weighted by molar-refractivity contribution is -0.143. The van der Waals surface area contributed by atoms with Crippen molar-refractivity contribution in [2.45, 2.75) is 19.1 Å². The molecule has 21 heavy (non-hydrogen) atoms. The van der Waals surface area contributed by atoms with E-state index in [1.165, 1.54) is 0 Å². The second-order valence-corrected chi connectivity index (χ2v) is 5.67. The number of nitrogens with one attached hydrogen (secondary N) is 1. The van der Waals surface area contributed by atoms with Gasteiger partial charge in [-0.1, -0.05) is 11.6 Å². The number of aliphatic hydroxyl groups excluding tert-OH is 1. The maximum absolute atomic E-state index is 12.2. The van der Waals surface area contributed by atoms with E-state index in [1.807, 2.05) is 0 Å². The first-order valence-corrected chi connectivity index (χ1v) is 7.63. The standard InChI is InChI=1S/C11H15ClF3N3O2S/c12-9-8(16-2-5-21-4-1-3-19)6-17-18(10(9)20)7-11(13,14)15/h6,16,19H,1-5,7H2. The van der Waals surface area contributed by atoms with Gasteiger partial charge in [-0.05, 0) is 12.2 Å². The van der Waals surface area contributed by atoms with Crippen LogP contribution in [0.2, 0.25) is 5.02 Å². The molecule has 0 fully saturated rings. The molecule has 1 heterocycles. The number of aromatic nitrogens is 2. The molecule has 0 bridgehead atoms. The fraction of sp³-hybridized carbons (Fsp3) is 0.636. The molecule has 0 aliphatic heterocycles. The monoisotopic (exact) mass is 345 g/mol. The summed E-state index contributed by atoms with van der Waals surface area (Å²) in [7, 11) is 0. The van der Waals surface area contributed by atoms with Crippen molar-refractivity contribution in [3.63, 3.8) is 0 Å². The second kappa shape index (κ2) is 8.50. The molecular formula is C11H15ClF3N3O2S. The van der Waals surface area contributed by atoms with Crippen LogP contribution < -0.4 is 10.9 Å². The van der Waals surface area contributed by atoms with Gasteiger partial charge in [-0.2, -0.15) is 30.0 Å². The lowest BCUT2D eigenvalue weighted by Gasteiger charge is -2.11. The summed E-state index contributed by atoms with van der Waals surface area (Å²) in [5.74, 6) is 1.51. The third kappa shape index (κ3) is 6.58. The lowest BCUT2D eigenvalue weighted by Crippen LogP contribution is -2.31. The zero-order valence-electron chi connectivity index (χ0n) is 11.0. The van der Waals surface area contributed by atoms with Crippen LogP contribution in [0.1, 0.15) is 6.42 Å². The Kier molecular flexibility index (Phi) is 7.33. The number of alkyl halides is 3. The number of rotatable bonds is 8. The summed E-state index contributed by atoms with van der Waals surface area (Å²) < 4.78 is 37.0. The van der Waals surface area contributed by atoms with Crippen LogP contribution in [0.15, 0.2) is 11.0 Å². The molecule has 0 radical (unpaired) electrons. The van der Waals surface area contributed by atoms with Gasteiger partial charge in [-0.3, -0.25) is 4.79 Å². The Morgan fingerprint density at radius 2 is 2.14 bits per heavy atom. The molecule has 1 rings (SSSR count). The predicted octanol–water partition coefficient (Wildman–Crippen LogP) is 1.99. The molecule has 0 unspecified atom stereocenters. The first-order chi connectivity index (χ1) is 9.85. The van der Waals surface area contributed by atoms with E-state index in [1.54, 1.807) is 11.8 Å². The maximum Gasteiger partial charge on any atom is 0.408 e. The fourth-order valence-corrected chi connectivity index (χ4v) is 2.39. The summed E-state index contributed by atoms with van der Waals surface area (Å²) in [4.78, 5) is 11.6. The largest absolute Gasteiger partial charge is 0.408 e. The van der Waals surface area contributed by atoms with Crippen LogP contribution in [0.4, 0.5) is 18.9 Å². The molecule has 0 saturated heterocycles. The summed E-state index contributed by atoms with van der Waals surface area (Å²) in [6, 6.07) is 0. The Hall–Kier alpha value is -0.930. The smallest absolute Gasteiger partial charge is 0.396 e. The molecule has 1 aromatic heterocycles. The molecule has 0 saturated carbocycles. The van der Waals surface area contributed by atoms with E-state index >= 15 is 0 Å². The zero-order chi connectivity index (χ0) is 15.9. The van der Waals surface area contributed by atoms with Gasteiger partial charge in [0, 0.05) is 18.9 Å². The van der Waals surface area contributed by atoms with Crippen LogP contribution in [-0.2, 0) is 6.54 Å². The van der Waals surface area contributed by atoms with Crippen LogP contribution in [0.25, 0.3) is 0 Å². The molecule has 1 aromatic rings. The van der Waals surface area contributed by atoms with E-state index in [9.17, 15) is 18.0 Å². The molecule has 10 heteroatoms. The van der Waals surface area contributed by atoms with Crippen molar-refractivity contribution in [2.24, 2.45) is 0 Å². The highest BCUT2D eigenvalue weighted by Gasteiger charge is 2.29. The minimum Gasteiger partial charge on any atom is -0.396 e. The first-order valence-electron chi connectivity index (χ1n) is 6.10. The van der Waals surface area contributed by atoms with E-state index in [4.69, 9.17) is 16.7 Å². The number of thioether (sulfide) groups is 1. The van der Waals surface area contributed by atoms with Crippen molar-refractivity contribution in [1.29, 1.82) is 0 Å². The third-order valence-corrected chi connectivity index (χ3v) is 3.76. The fourth-order valence-electron chi connectivity index (χ4n) is 1.40. The Morgan fingerprint density at radius 1 is 1.43 bits per heavy atom. The minimum absolute atomic E-state index is 0.133. The highest BCUT2D eigenvalue weighted by Crippen LogP contribution is 2.19. The summed E-state index contributed by atoms with van der Waals surface area (Å²) in [6.45, 7) is -0.851. The number of hydrogen-bond acceptors (Lipinski definition) is 5. The van der Waals surface area contributed by atoms with Crippen molar-refractivity contribution in [2.75, 3.05) is 30.0 Å². The third-order valence-electron chi connectivity index (χ3n) is 2.32. The molecule has 0 amide bonds. The van der Waals surface area contributed by atoms with Gasteiger partial charge in [0.05, 0.1) is 11.9 Å². The highest BCUT2D eigenvalue weighted by atomic mass is 35.5. The molecule has 0 aromatic carbocycles. The van der Waals surface area contributed by atoms with Gasteiger partial charge in [-0.25, -0.2) is 4.68 Å². The Labute approximate surface area is 128 Å². The average molecular weight is 346 g/mol. The van der Waals surface area contributed by atoms with E-state index < -0.39 is 18.3 Å². The van der Waals surface area contributed by atoms with Gasteiger partial charge in [0.15, 0.2) is 0 Å². The Morgan fingerprint density at radius 3 is 2.76 bits per heavy atom. The maximum atomic E-state index is 12.2. The summed E-state index contributed by atoms with van der Waals surface area (Å²) in [5.41, 5.74) is -0.769. The molecule has 2 N–H and O–H groups in total. The van der Waals surface area contributed by atoms with Crippen LogP contribution in [0.3, 0.4) is 0 Å². The second-order valence-electron chi connectivity index (χ2n) is 4.07. The quantitative estimate of drug-likeness (QED) is 0.705. The molecule has 0 spiro atoms. The predicted molar refractivity (Wildman–Crippen MR) is 77.1 cm³/mol. The van der Waals surface area contributed by atoms with Crippen LogP contribution >= 0.6 is 23.4 Å². The normalized spacial score (nSPS) is 11.7. The van der Waals surface area contributed by atoms with E-state index in [0.717, 1.165) is 11.9 Å². The topological polar surface area (TPSA) is 67.2 Å². The van der Waals surface area contributed by atoms with Gasteiger partial charge in [0.25, 0.3) is 5.56 Å². The molecule has 120 valence electrons. The summed E-state index contributed by atoms with van der Waals surface area (Å²) in [6.07, 6.45) is -2.73.